The molecule has 16 heavy (non-hydrogen) atoms. The van der Waals surface area contributed by atoms with Gasteiger partial charge in [0.15, 0.2) is 0 Å². The van der Waals surface area contributed by atoms with E-state index in [-0.39, 0.29) is 24.9 Å². The third-order valence-electron chi connectivity index (χ3n) is 2.91. The lowest BCUT2D eigenvalue weighted by Crippen LogP contribution is -2.55. The topological polar surface area (TPSA) is 78.5 Å². The summed E-state index contributed by atoms with van der Waals surface area (Å²) in [6, 6.07) is 0. The molecule has 2 N–H and O–H groups in total. The molecular weight excluding hydrogens is 210 g/mol. The molecule has 0 aromatic rings. The highest BCUT2D eigenvalue weighted by Crippen LogP contribution is 2.14. The van der Waals surface area contributed by atoms with Crippen LogP contribution < -0.4 is 10.6 Å². The van der Waals surface area contributed by atoms with Crippen molar-refractivity contribution >= 4 is 17.7 Å². The number of nitrogens with one attached hydrogen (secondary N) is 2. The molecule has 2 heterocycles. The third-order valence-corrected chi connectivity index (χ3v) is 2.91. The molecule has 1 atom stereocenters. The average Bonchev–Trinajstić information content (AvgIpc) is 2.28. The quantitative estimate of drug-likeness (QED) is 0.531. The molecule has 0 saturated carbocycles. The van der Waals surface area contributed by atoms with E-state index in [1.54, 1.807) is 0 Å². The predicted molar refractivity (Wildman–Crippen MR) is 55.3 cm³/mol. The van der Waals surface area contributed by atoms with Crippen molar-refractivity contribution in [3.8, 4) is 0 Å². The number of imide groups is 1. The van der Waals surface area contributed by atoms with Gasteiger partial charge in [-0.15, -0.1) is 0 Å². The molecule has 0 unspecified atom stereocenters. The van der Waals surface area contributed by atoms with Crippen LogP contribution in [0.4, 0.5) is 0 Å². The van der Waals surface area contributed by atoms with Crippen LogP contribution in [0.1, 0.15) is 12.8 Å². The van der Waals surface area contributed by atoms with E-state index in [0.717, 1.165) is 19.4 Å². The van der Waals surface area contributed by atoms with Gasteiger partial charge in [0, 0.05) is 6.54 Å². The Bertz CT molecular complexity index is 307. The average molecular weight is 225 g/mol. The summed E-state index contributed by atoms with van der Waals surface area (Å²) in [5.41, 5.74) is 0. The maximum Gasteiger partial charge on any atom is 0.246 e. The van der Waals surface area contributed by atoms with E-state index >= 15 is 0 Å². The Hall–Kier alpha value is -1.43. The zero-order valence-corrected chi connectivity index (χ0v) is 8.99. The number of hydrogen-bond acceptors (Lipinski definition) is 4. The number of hydrogen-bond donors (Lipinski definition) is 2. The highest BCUT2D eigenvalue weighted by atomic mass is 16.2. The van der Waals surface area contributed by atoms with Crippen molar-refractivity contribution in [2.45, 2.75) is 12.8 Å². The largest absolute Gasteiger partial charge is 0.324 e. The van der Waals surface area contributed by atoms with Crippen LogP contribution in [0.2, 0.25) is 0 Å². The van der Waals surface area contributed by atoms with E-state index in [2.05, 4.69) is 10.6 Å². The smallest absolute Gasteiger partial charge is 0.246 e. The maximum absolute atomic E-state index is 12.0. The highest BCUT2D eigenvalue weighted by Gasteiger charge is 2.31. The number of piperidine rings is 1. The molecule has 0 aromatic carbocycles. The standard InChI is InChI=1S/C10H15N3O3/c14-8-5-13(6-9(15)12-8)10(16)7-2-1-3-11-4-7/h7,11H,1-6H2,(H,12,14,15)/t7-/m0/s1. The Morgan fingerprint density at radius 3 is 2.50 bits per heavy atom. The number of piperazine rings is 1. The summed E-state index contributed by atoms with van der Waals surface area (Å²) in [5.74, 6) is -0.968. The predicted octanol–water partition coefficient (Wildman–Crippen LogP) is -1.53. The minimum atomic E-state index is -0.395. The zero-order chi connectivity index (χ0) is 11.5. The monoisotopic (exact) mass is 225 g/mol. The van der Waals surface area contributed by atoms with Crippen LogP contribution in [0.25, 0.3) is 0 Å². The van der Waals surface area contributed by atoms with Gasteiger partial charge in [0.25, 0.3) is 0 Å². The van der Waals surface area contributed by atoms with E-state index in [9.17, 15) is 14.4 Å². The van der Waals surface area contributed by atoms with Crippen LogP contribution in [0.15, 0.2) is 0 Å². The SMILES string of the molecule is O=C1CN(C(=O)[C@H]2CCCNC2)CC(=O)N1. The van der Waals surface area contributed by atoms with Crippen LogP contribution in [-0.2, 0) is 14.4 Å². The van der Waals surface area contributed by atoms with Gasteiger partial charge in [0.1, 0.15) is 13.1 Å². The van der Waals surface area contributed by atoms with Gasteiger partial charge in [-0.1, -0.05) is 0 Å². The van der Waals surface area contributed by atoms with Crippen LogP contribution in [0, 0.1) is 5.92 Å². The number of carbonyl (C=O) groups is 3. The molecule has 2 aliphatic heterocycles. The van der Waals surface area contributed by atoms with Gasteiger partial charge >= 0.3 is 0 Å². The van der Waals surface area contributed by atoms with Crippen molar-refractivity contribution in [2.75, 3.05) is 26.2 Å². The molecule has 0 aliphatic carbocycles. The molecule has 0 bridgehead atoms. The normalized spacial score (nSPS) is 26.5. The summed E-state index contributed by atoms with van der Waals surface area (Å²) < 4.78 is 0. The second kappa shape index (κ2) is 4.61. The molecular formula is C10H15N3O3. The fraction of sp³-hybridized carbons (Fsp3) is 0.700. The number of rotatable bonds is 1. The van der Waals surface area contributed by atoms with E-state index in [0.29, 0.717) is 6.54 Å². The van der Waals surface area contributed by atoms with Crippen LogP contribution in [0.3, 0.4) is 0 Å². The molecule has 2 saturated heterocycles. The summed E-state index contributed by atoms with van der Waals surface area (Å²) >= 11 is 0. The van der Waals surface area contributed by atoms with Crippen LogP contribution in [0.5, 0.6) is 0 Å². The second-order valence-electron chi connectivity index (χ2n) is 4.21. The van der Waals surface area contributed by atoms with Gasteiger partial charge in [0.2, 0.25) is 17.7 Å². The van der Waals surface area contributed by atoms with Crippen molar-refractivity contribution in [1.29, 1.82) is 0 Å². The second-order valence-corrected chi connectivity index (χ2v) is 4.21. The van der Waals surface area contributed by atoms with Crippen LogP contribution in [-0.4, -0.2) is 48.8 Å². The van der Waals surface area contributed by atoms with Gasteiger partial charge in [0.05, 0.1) is 5.92 Å². The first-order chi connectivity index (χ1) is 7.66. The first-order valence-electron chi connectivity index (χ1n) is 5.49. The Morgan fingerprint density at radius 2 is 1.94 bits per heavy atom. The Balaban J connectivity index is 1.97. The van der Waals surface area contributed by atoms with Gasteiger partial charge < -0.3 is 10.2 Å². The molecule has 2 fully saturated rings. The summed E-state index contributed by atoms with van der Waals surface area (Å²) in [5, 5.41) is 5.32. The van der Waals surface area contributed by atoms with Gasteiger partial charge in [-0.3, -0.25) is 19.7 Å². The maximum atomic E-state index is 12.0. The number of carbonyl (C=O) groups excluding carboxylic acids is 3. The fourth-order valence-corrected chi connectivity index (χ4v) is 2.11. The summed E-state index contributed by atoms with van der Waals surface area (Å²) in [6.07, 6.45) is 1.79. The Kier molecular flexibility index (Phi) is 3.19. The Labute approximate surface area is 93.4 Å². The summed E-state index contributed by atoms with van der Waals surface area (Å²) in [4.78, 5) is 35.6. The van der Waals surface area contributed by atoms with Crippen molar-refractivity contribution in [3.63, 3.8) is 0 Å². The van der Waals surface area contributed by atoms with Gasteiger partial charge in [-0.25, -0.2) is 0 Å². The molecule has 88 valence electrons. The Morgan fingerprint density at radius 1 is 1.25 bits per heavy atom. The zero-order valence-electron chi connectivity index (χ0n) is 8.99. The lowest BCUT2D eigenvalue weighted by molar-refractivity contribution is -0.147. The van der Waals surface area contributed by atoms with Crippen molar-refractivity contribution < 1.29 is 14.4 Å². The lowest BCUT2D eigenvalue weighted by atomic mass is 9.98. The number of nitrogens with zero attached hydrogens (tertiary/aromatic N) is 1. The molecule has 0 aromatic heterocycles. The molecule has 6 nitrogen and oxygen atoms in total. The molecule has 3 amide bonds. The van der Waals surface area contributed by atoms with E-state index in [4.69, 9.17) is 0 Å². The highest BCUT2D eigenvalue weighted by molar-refractivity contribution is 6.02. The summed E-state index contributed by atoms with van der Waals surface area (Å²) in [6.45, 7) is 1.58. The fourth-order valence-electron chi connectivity index (χ4n) is 2.11. The van der Waals surface area contributed by atoms with Crippen LogP contribution >= 0.6 is 0 Å². The van der Waals surface area contributed by atoms with Gasteiger partial charge in [-0.05, 0) is 19.4 Å². The van der Waals surface area contributed by atoms with E-state index < -0.39 is 11.8 Å². The summed E-state index contributed by atoms with van der Waals surface area (Å²) in [7, 11) is 0. The lowest BCUT2D eigenvalue weighted by Gasteiger charge is -2.31. The van der Waals surface area contributed by atoms with Crippen molar-refractivity contribution in [1.82, 2.24) is 15.5 Å². The third kappa shape index (κ3) is 2.38. The van der Waals surface area contributed by atoms with Crippen molar-refractivity contribution in [2.24, 2.45) is 5.92 Å². The van der Waals surface area contributed by atoms with E-state index in [1.165, 1.54) is 4.90 Å². The molecule has 2 rings (SSSR count). The van der Waals surface area contributed by atoms with E-state index in [1.807, 2.05) is 0 Å². The minimum absolute atomic E-state index is 0.00106. The minimum Gasteiger partial charge on any atom is -0.324 e. The van der Waals surface area contributed by atoms with Crippen molar-refractivity contribution in [3.05, 3.63) is 0 Å². The molecule has 2 aliphatic rings. The molecule has 6 heteroatoms. The van der Waals surface area contributed by atoms with Gasteiger partial charge in [-0.2, -0.15) is 0 Å². The molecule has 0 radical (unpaired) electrons. The molecule has 0 spiro atoms. The first kappa shape index (κ1) is 11.1. The first-order valence-corrected chi connectivity index (χ1v) is 5.49. The number of amides is 3.